The van der Waals surface area contributed by atoms with Crippen LogP contribution in [-0.2, 0) is 4.74 Å². The molecule has 1 aliphatic heterocycles. The predicted octanol–water partition coefficient (Wildman–Crippen LogP) is 3.89. The Morgan fingerprint density at radius 1 is 1.23 bits per heavy atom. The van der Waals surface area contributed by atoms with Crippen LogP contribution in [0, 0.1) is 13.8 Å². The molecule has 0 aliphatic carbocycles. The molecule has 1 amide bonds. The minimum atomic E-state index is -1.17. The molecule has 30 heavy (non-hydrogen) atoms. The molecule has 2 aromatic heterocycles. The van der Waals surface area contributed by atoms with Gasteiger partial charge in [0.2, 0.25) is 0 Å². The van der Waals surface area contributed by atoms with E-state index in [0.29, 0.717) is 24.5 Å². The van der Waals surface area contributed by atoms with Gasteiger partial charge in [0.05, 0.1) is 12.3 Å². The van der Waals surface area contributed by atoms with Gasteiger partial charge in [-0.15, -0.1) is 0 Å². The molecule has 1 fully saturated rings. The Morgan fingerprint density at radius 2 is 2.07 bits per heavy atom. The van der Waals surface area contributed by atoms with E-state index in [0.717, 1.165) is 50.7 Å². The number of anilines is 1. The number of aliphatic hydroxyl groups excluding tert-OH is 1. The number of aromatic nitrogens is 2. The summed E-state index contributed by atoms with van der Waals surface area (Å²) >= 11 is 0. The van der Waals surface area contributed by atoms with Gasteiger partial charge < -0.3 is 25.1 Å². The van der Waals surface area contributed by atoms with Crippen LogP contribution in [0.5, 0.6) is 0 Å². The molecular formula is C22H22N4O4. The van der Waals surface area contributed by atoms with Gasteiger partial charge in [-0.2, -0.15) is 0 Å². The molecule has 8 nitrogen and oxygen atoms in total. The van der Waals surface area contributed by atoms with E-state index in [1.165, 1.54) is 0 Å². The molecule has 1 aliphatic rings. The van der Waals surface area contributed by atoms with Crippen molar-refractivity contribution < 1.29 is 19.2 Å². The summed E-state index contributed by atoms with van der Waals surface area (Å²) in [4.78, 5) is 17.2. The Morgan fingerprint density at radius 3 is 2.77 bits per heavy atom. The number of hydrogen-bond donors (Lipinski definition) is 3. The maximum Gasteiger partial charge on any atom is 0.414 e. The monoisotopic (exact) mass is 406 g/mol. The SMILES string of the molecule is Cc1noc(C)c1-c1cc(C(N)O)c2c(c1)[nH]c1ccc(N3CCCOC3=O)cc12. The van der Waals surface area contributed by atoms with Gasteiger partial charge in [0.1, 0.15) is 12.0 Å². The highest BCUT2D eigenvalue weighted by atomic mass is 16.6. The molecule has 0 spiro atoms. The molecule has 1 atom stereocenters. The van der Waals surface area contributed by atoms with Gasteiger partial charge in [0, 0.05) is 45.2 Å². The average Bonchev–Trinajstić information content (AvgIpc) is 3.26. The van der Waals surface area contributed by atoms with Crippen LogP contribution in [0.1, 0.15) is 29.7 Å². The lowest BCUT2D eigenvalue weighted by Crippen LogP contribution is -2.37. The number of ether oxygens (including phenoxy) is 1. The summed E-state index contributed by atoms with van der Waals surface area (Å²) in [5, 5.41) is 16.1. The van der Waals surface area contributed by atoms with Crippen molar-refractivity contribution in [3.05, 3.63) is 47.3 Å². The van der Waals surface area contributed by atoms with Crippen molar-refractivity contribution >= 4 is 33.6 Å². The van der Waals surface area contributed by atoms with Crippen LogP contribution >= 0.6 is 0 Å². The zero-order valence-corrected chi connectivity index (χ0v) is 16.7. The number of hydrogen-bond acceptors (Lipinski definition) is 6. The highest BCUT2D eigenvalue weighted by Crippen LogP contribution is 2.38. The predicted molar refractivity (Wildman–Crippen MR) is 113 cm³/mol. The summed E-state index contributed by atoms with van der Waals surface area (Å²) in [6, 6.07) is 9.62. The third kappa shape index (κ3) is 2.84. The van der Waals surface area contributed by atoms with Crippen molar-refractivity contribution in [1.29, 1.82) is 0 Å². The maximum absolute atomic E-state index is 12.2. The number of carbonyl (C=O) groups is 1. The number of amides is 1. The molecule has 1 unspecified atom stereocenters. The van der Waals surface area contributed by atoms with E-state index < -0.39 is 6.23 Å². The number of nitrogens with two attached hydrogens (primary N) is 1. The van der Waals surface area contributed by atoms with Crippen LogP contribution in [0.2, 0.25) is 0 Å². The molecule has 4 aromatic rings. The first-order valence-electron chi connectivity index (χ1n) is 9.84. The number of aromatic amines is 1. The summed E-state index contributed by atoms with van der Waals surface area (Å²) in [7, 11) is 0. The van der Waals surface area contributed by atoms with E-state index in [-0.39, 0.29) is 6.09 Å². The standard InChI is InChI=1S/C22H22N4O4/c1-11-19(12(2)30-25-11)13-8-16(21(23)27)20-15-10-14(26-6-3-7-29-22(26)28)4-5-17(15)24-18(20)9-13/h4-5,8-10,21,24,27H,3,6-7,23H2,1-2H3. The Labute approximate surface area is 172 Å². The maximum atomic E-state index is 12.2. The summed E-state index contributed by atoms with van der Waals surface area (Å²) in [6.45, 7) is 4.78. The average molecular weight is 406 g/mol. The van der Waals surface area contributed by atoms with E-state index >= 15 is 0 Å². The van der Waals surface area contributed by atoms with Crippen LogP contribution in [0.25, 0.3) is 32.9 Å². The van der Waals surface area contributed by atoms with Gasteiger partial charge in [-0.1, -0.05) is 5.16 Å². The third-order valence-corrected chi connectivity index (χ3v) is 5.64. The number of aliphatic hydroxyl groups is 1. The van der Waals surface area contributed by atoms with Crippen LogP contribution in [0.4, 0.5) is 10.5 Å². The summed E-state index contributed by atoms with van der Waals surface area (Å²) < 4.78 is 10.5. The van der Waals surface area contributed by atoms with E-state index in [1.807, 2.05) is 44.2 Å². The largest absolute Gasteiger partial charge is 0.449 e. The number of nitrogens with one attached hydrogen (secondary N) is 1. The van der Waals surface area contributed by atoms with E-state index in [4.69, 9.17) is 15.0 Å². The third-order valence-electron chi connectivity index (χ3n) is 5.64. The fourth-order valence-corrected chi connectivity index (χ4v) is 4.28. The topological polar surface area (TPSA) is 118 Å². The minimum absolute atomic E-state index is 0.347. The molecule has 5 rings (SSSR count). The number of rotatable bonds is 3. The van der Waals surface area contributed by atoms with E-state index in [9.17, 15) is 9.90 Å². The summed E-state index contributed by atoms with van der Waals surface area (Å²) in [6.07, 6.45) is -0.735. The number of cyclic esters (lactones) is 1. The lowest BCUT2D eigenvalue weighted by atomic mass is 9.97. The molecule has 0 radical (unpaired) electrons. The highest BCUT2D eigenvalue weighted by molar-refractivity contribution is 6.11. The molecule has 8 heteroatoms. The molecule has 0 saturated carbocycles. The quantitative estimate of drug-likeness (QED) is 0.444. The number of carbonyl (C=O) groups excluding carboxylic acids is 1. The van der Waals surface area contributed by atoms with Gasteiger partial charge in [-0.25, -0.2) is 4.79 Å². The Hall–Kier alpha value is -3.36. The summed E-state index contributed by atoms with van der Waals surface area (Å²) in [5.41, 5.74) is 11.5. The van der Waals surface area contributed by atoms with Gasteiger partial charge in [0.15, 0.2) is 0 Å². The van der Waals surface area contributed by atoms with Crippen molar-refractivity contribution in [3.63, 3.8) is 0 Å². The van der Waals surface area contributed by atoms with Crippen LogP contribution < -0.4 is 10.6 Å². The molecule has 1 saturated heterocycles. The van der Waals surface area contributed by atoms with E-state index in [1.54, 1.807) is 4.90 Å². The van der Waals surface area contributed by atoms with Crippen molar-refractivity contribution in [2.24, 2.45) is 5.73 Å². The van der Waals surface area contributed by atoms with Gasteiger partial charge in [-0.3, -0.25) is 4.90 Å². The van der Waals surface area contributed by atoms with Crippen molar-refractivity contribution in [3.8, 4) is 11.1 Å². The Kier molecular flexibility index (Phi) is 4.27. The molecule has 2 aromatic carbocycles. The number of aryl methyl sites for hydroxylation is 2. The summed E-state index contributed by atoms with van der Waals surface area (Å²) in [5.74, 6) is 0.700. The fourth-order valence-electron chi connectivity index (χ4n) is 4.28. The lowest BCUT2D eigenvalue weighted by molar-refractivity contribution is 0.140. The van der Waals surface area contributed by atoms with Gasteiger partial charge >= 0.3 is 6.09 Å². The number of H-pyrrole nitrogens is 1. The second-order valence-corrected chi connectivity index (χ2v) is 7.61. The van der Waals surface area contributed by atoms with Crippen LogP contribution in [0.3, 0.4) is 0 Å². The minimum Gasteiger partial charge on any atom is -0.449 e. The number of nitrogens with zero attached hydrogens (tertiary/aromatic N) is 2. The molecule has 0 bridgehead atoms. The van der Waals surface area contributed by atoms with Crippen molar-refractivity contribution in [2.45, 2.75) is 26.5 Å². The van der Waals surface area contributed by atoms with Gasteiger partial charge in [-0.05, 0) is 56.2 Å². The Bertz CT molecular complexity index is 1270. The first-order valence-corrected chi connectivity index (χ1v) is 9.84. The van der Waals surface area contributed by atoms with Crippen LogP contribution in [0.15, 0.2) is 34.9 Å². The normalized spacial score (nSPS) is 15.7. The van der Waals surface area contributed by atoms with Gasteiger partial charge in [0.25, 0.3) is 0 Å². The molecular weight excluding hydrogens is 384 g/mol. The second-order valence-electron chi connectivity index (χ2n) is 7.61. The van der Waals surface area contributed by atoms with Crippen molar-refractivity contribution in [2.75, 3.05) is 18.1 Å². The molecule has 3 heterocycles. The molecule has 154 valence electrons. The first kappa shape index (κ1) is 18.7. The number of fused-ring (bicyclic) bond motifs is 3. The Balaban J connectivity index is 1.74. The van der Waals surface area contributed by atoms with Crippen LogP contribution in [-0.4, -0.2) is 34.5 Å². The second kappa shape index (κ2) is 6.86. The van der Waals surface area contributed by atoms with Crippen molar-refractivity contribution in [1.82, 2.24) is 10.1 Å². The molecule has 4 N–H and O–H groups in total. The number of benzene rings is 2. The zero-order chi connectivity index (χ0) is 21.0. The fraction of sp³-hybridized carbons (Fsp3) is 0.273. The smallest absolute Gasteiger partial charge is 0.414 e. The van der Waals surface area contributed by atoms with E-state index in [2.05, 4.69) is 10.1 Å². The lowest BCUT2D eigenvalue weighted by Gasteiger charge is -2.26. The highest BCUT2D eigenvalue weighted by Gasteiger charge is 2.23. The first-order chi connectivity index (χ1) is 14.4. The zero-order valence-electron chi connectivity index (χ0n) is 16.7.